The molecule has 0 aromatic carbocycles. The molecular weight excluding hydrogens is 164 g/mol. The van der Waals surface area contributed by atoms with E-state index in [1.54, 1.807) is 0 Å². The van der Waals surface area contributed by atoms with Crippen molar-refractivity contribution in [1.82, 2.24) is 0 Å². The van der Waals surface area contributed by atoms with Gasteiger partial charge in [-0.15, -0.1) is 0 Å². The van der Waals surface area contributed by atoms with E-state index in [1.807, 2.05) is 0 Å². The summed E-state index contributed by atoms with van der Waals surface area (Å²) in [6.45, 7) is 2.60. The van der Waals surface area contributed by atoms with Gasteiger partial charge in [0.2, 0.25) is 5.60 Å². The number of carboxylic acids is 1. The normalized spacial score (nSPS) is 11.5. The van der Waals surface area contributed by atoms with Crippen molar-refractivity contribution in [2.24, 2.45) is 10.9 Å². The molecule has 0 aliphatic heterocycles. The number of oxime groups is 1. The van der Waals surface area contributed by atoms with Gasteiger partial charge in [0.1, 0.15) is 6.21 Å². The number of primary amides is 1. The van der Waals surface area contributed by atoms with Crippen LogP contribution in [0, 0.1) is 0 Å². The number of rotatable bonds is 4. The Labute approximate surface area is 69.0 Å². The van der Waals surface area contributed by atoms with E-state index in [0.717, 1.165) is 0 Å². The zero-order valence-corrected chi connectivity index (χ0v) is 6.77. The third-order valence-corrected chi connectivity index (χ3v) is 0.976. The molecule has 6 nitrogen and oxygen atoms in total. The molecule has 0 bridgehead atoms. The minimum absolute atomic E-state index is 0.699. The predicted molar refractivity (Wildman–Crippen MR) is 40.5 cm³/mol. The van der Waals surface area contributed by atoms with Gasteiger partial charge in [-0.2, -0.15) is 0 Å². The number of carboxylic acid groups (broad SMARTS) is 1. The minimum Gasteiger partial charge on any atom is -0.478 e. The highest BCUT2D eigenvalue weighted by molar-refractivity contribution is 6.25. The first-order chi connectivity index (χ1) is 5.36. The quantitative estimate of drug-likeness (QED) is 0.436. The summed E-state index contributed by atoms with van der Waals surface area (Å²) in [7, 11) is 0. The smallest absolute Gasteiger partial charge is 0.350 e. The number of amides is 1. The molecule has 0 saturated carbocycles. The topological polar surface area (TPSA) is 102 Å². The van der Waals surface area contributed by atoms with Crippen LogP contribution < -0.4 is 5.73 Å². The fraction of sp³-hybridized carbons (Fsp3) is 0.500. The van der Waals surface area contributed by atoms with Crippen LogP contribution in [-0.4, -0.2) is 28.8 Å². The number of carbonyl (C=O) groups is 2. The van der Waals surface area contributed by atoms with Crippen molar-refractivity contribution < 1.29 is 19.5 Å². The van der Waals surface area contributed by atoms with Crippen molar-refractivity contribution in [2.45, 2.75) is 19.4 Å². The lowest BCUT2D eigenvalue weighted by molar-refractivity contribution is -0.161. The Morgan fingerprint density at radius 3 is 2.42 bits per heavy atom. The molecule has 0 saturated heterocycles. The van der Waals surface area contributed by atoms with Gasteiger partial charge in [0.15, 0.2) is 0 Å². The molecule has 0 atom stereocenters. The molecule has 0 rings (SSSR count). The maximum atomic E-state index is 10.4. The third-order valence-electron chi connectivity index (χ3n) is 0.976. The molecule has 0 fully saturated rings. The van der Waals surface area contributed by atoms with Crippen molar-refractivity contribution in [3.8, 4) is 0 Å². The summed E-state index contributed by atoms with van der Waals surface area (Å²) >= 11 is 0. The SMILES string of the molecule is CC(C)(ON=CC(N)=O)C(=O)O. The van der Waals surface area contributed by atoms with Gasteiger partial charge in [-0.3, -0.25) is 4.79 Å². The summed E-state index contributed by atoms with van der Waals surface area (Å²) in [5, 5.41) is 11.6. The number of aliphatic carboxylic acids is 1. The van der Waals surface area contributed by atoms with Crippen LogP contribution in [0.15, 0.2) is 5.16 Å². The average molecular weight is 174 g/mol. The van der Waals surface area contributed by atoms with Crippen molar-refractivity contribution in [1.29, 1.82) is 0 Å². The number of nitrogens with two attached hydrogens (primary N) is 1. The van der Waals surface area contributed by atoms with Gasteiger partial charge in [-0.25, -0.2) is 4.79 Å². The molecule has 1 amide bonds. The molecule has 68 valence electrons. The summed E-state index contributed by atoms with van der Waals surface area (Å²) in [5.74, 6) is -1.97. The molecule has 12 heavy (non-hydrogen) atoms. The zero-order valence-electron chi connectivity index (χ0n) is 6.77. The first kappa shape index (κ1) is 10.4. The van der Waals surface area contributed by atoms with Gasteiger partial charge in [0.05, 0.1) is 0 Å². The Morgan fingerprint density at radius 2 is 2.08 bits per heavy atom. The summed E-state index contributed by atoms with van der Waals surface area (Å²) in [4.78, 5) is 25.0. The molecule has 0 aromatic heterocycles. The molecule has 0 aliphatic rings. The summed E-state index contributed by atoms with van der Waals surface area (Å²) in [6.07, 6.45) is 0.699. The standard InChI is InChI=1S/C6H10N2O4/c1-6(2,5(10)11)12-8-3-4(7)9/h3H,1-2H3,(H2,7,9)(H,10,11). The van der Waals surface area contributed by atoms with Gasteiger partial charge >= 0.3 is 5.97 Å². The van der Waals surface area contributed by atoms with E-state index < -0.39 is 17.5 Å². The molecule has 0 aromatic rings. The average Bonchev–Trinajstić information content (AvgIpc) is 1.85. The Balaban J connectivity index is 4.09. The lowest BCUT2D eigenvalue weighted by atomic mass is 10.1. The van der Waals surface area contributed by atoms with Crippen LogP contribution in [0.4, 0.5) is 0 Å². The van der Waals surface area contributed by atoms with Crippen molar-refractivity contribution >= 4 is 18.1 Å². The Bertz CT molecular complexity index is 222. The van der Waals surface area contributed by atoms with Gasteiger partial charge in [-0.05, 0) is 13.8 Å². The first-order valence-corrected chi connectivity index (χ1v) is 3.10. The van der Waals surface area contributed by atoms with E-state index in [4.69, 9.17) is 5.11 Å². The highest BCUT2D eigenvalue weighted by Gasteiger charge is 2.29. The van der Waals surface area contributed by atoms with E-state index >= 15 is 0 Å². The van der Waals surface area contributed by atoms with E-state index in [0.29, 0.717) is 6.21 Å². The van der Waals surface area contributed by atoms with Crippen LogP contribution in [0.5, 0.6) is 0 Å². The number of hydrogen-bond donors (Lipinski definition) is 2. The lowest BCUT2D eigenvalue weighted by Crippen LogP contribution is -2.33. The highest BCUT2D eigenvalue weighted by atomic mass is 16.7. The maximum absolute atomic E-state index is 10.4. The van der Waals surface area contributed by atoms with Crippen LogP contribution in [0.1, 0.15) is 13.8 Å². The van der Waals surface area contributed by atoms with E-state index in [1.165, 1.54) is 13.8 Å². The molecular formula is C6H10N2O4. The monoisotopic (exact) mass is 174 g/mol. The van der Waals surface area contributed by atoms with E-state index in [2.05, 4.69) is 15.7 Å². The Morgan fingerprint density at radius 1 is 1.58 bits per heavy atom. The molecule has 0 radical (unpaired) electrons. The van der Waals surface area contributed by atoms with Crippen LogP contribution in [0.3, 0.4) is 0 Å². The predicted octanol–water partition coefficient (Wildman–Crippen LogP) is -0.663. The number of carbonyl (C=O) groups excluding carboxylic acids is 1. The molecule has 6 heteroatoms. The van der Waals surface area contributed by atoms with Gasteiger partial charge in [-0.1, -0.05) is 5.16 Å². The molecule has 0 heterocycles. The highest BCUT2D eigenvalue weighted by Crippen LogP contribution is 2.08. The fourth-order valence-electron chi connectivity index (χ4n) is 0.249. The second-order valence-electron chi connectivity index (χ2n) is 2.54. The lowest BCUT2D eigenvalue weighted by Gasteiger charge is -2.15. The van der Waals surface area contributed by atoms with Crippen LogP contribution in [0.2, 0.25) is 0 Å². The molecule has 3 N–H and O–H groups in total. The molecule has 0 unspecified atom stereocenters. The minimum atomic E-state index is -1.45. The van der Waals surface area contributed by atoms with E-state index in [-0.39, 0.29) is 0 Å². The van der Waals surface area contributed by atoms with Gasteiger partial charge in [0, 0.05) is 0 Å². The van der Waals surface area contributed by atoms with Crippen LogP contribution >= 0.6 is 0 Å². The maximum Gasteiger partial charge on any atom is 0.350 e. The Hall–Kier alpha value is -1.59. The number of hydrogen-bond acceptors (Lipinski definition) is 4. The third kappa shape index (κ3) is 3.55. The molecule has 0 spiro atoms. The van der Waals surface area contributed by atoms with Crippen LogP contribution in [0.25, 0.3) is 0 Å². The second kappa shape index (κ2) is 3.70. The zero-order chi connectivity index (χ0) is 9.78. The largest absolute Gasteiger partial charge is 0.478 e. The summed E-state index contributed by atoms with van der Waals surface area (Å²) < 4.78 is 0. The van der Waals surface area contributed by atoms with Crippen molar-refractivity contribution in [2.75, 3.05) is 0 Å². The fourth-order valence-corrected chi connectivity index (χ4v) is 0.249. The second-order valence-corrected chi connectivity index (χ2v) is 2.54. The summed E-state index contributed by atoms with van der Waals surface area (Å²) in [5.41, 5.74) is 3.23. The summed E-state index contributed by atoms with van der Waals surface area (Å²) in [6, 6.07) is 0. The van der Waals surface area contributed by atoms with Crippen LogP contribution in [-0.2, 0) is 14.4 Å². The molecule has 0 aliphatic carbocycles. The Kier molecular flexibility index (Phi) is 3.21. The van der Waals surface area contributed by atoms with Crippen molar-refractivity contribution in [3.05, 3.63) is 0 Å². The first-order valence-electron chi connectivity index (χ1n) is 3.10. The van der Waals surface area contributed by atoms with Gasteiger partial charge in [0.25, 0.3) is 5.91 Å². The van der Waals surface area contributed by atoms with E-state index in [9.17, 15) is 9.59 Å². The van der Waals surface area contributed by atoms with Gasteiger partial charge < -0.3 is 15.7 Å². The number of nitrogens with zero attached hydrogens (tertiary/aromatic N) is 1. The van der Waals surface area contributed by atoms with Crippen molar-refractivity contribution in [3.63, 3.8) is 0 Å².